The Hall–Kier alpha value is -5.19. The molecular formula is C39H32BrN3O5S. The zero-order chi connectivity index (χ0) is 34.1. The van der Waals surface area contributed by atoms with Crippen molar-refractivity contribution in [2.24, 2.45) is 4.99 Å². The van der Waals surface area contributed by atoms with Crippen LogP contribution in [0.3, 0.4) is 0 Å². The highest BCUT2D eigenvalue weighted by atomic mass is 79.9. The molecule has 0 fully saturated rings. The van der Waals surface area contributed by atoms with Crippen molar-refractivity contribution in [3.8, 4) is 11.5 Å². The molecule has 246 valence electrons. The Bertz CT molecular complexity index is 2410. The van der Waals surface area contributed by atoms with Gasteiger partial charge in [0, 0.05) is 39.2 Å². The van der Waals surface area contributed by atoms with Gasteiger partial charge in [0.1, 0.15) is 0 Å². The standard InChI is InChI=1S/C39H32BrN3O5S/c1-4-48-38(45)34-35(25-10-6-5-7-11-25)41-39-43(36(34)26-16-19-31(46-2)32(20-26)47-3)37(44)33(49-39)21-27-23-42(30-13-9-8-12-29(27)30)22-24-14-17-28(40)18-15-24/h5-21,23,36H,4,22H2,1-3H3/b33-21-/t36-/m0/s1. The number of benzene rings is 4. The molecule has 1 aliphatic rings. The van der Waals surface area contributed by atoms with Crippen LogP contribution in [-0.4, -0.2) is 35.9 Å². The van der Waals surface area contributed by atoms with Crippen LogP contribution in [-0.2, 0) is 16.1 Å². The summed E-state index contributed by atoms with van der Waals surface area (Å²) in [6.45, 7) is 2.60. The van der Waals surface area contributed by atoms with Crippen molar-refractivity contribution >= 4 is 55.9 Å². The van der Waals surface area contributed by atoms with Crippen molar-refractivity contribution in [2.45, 2.75) is 19.5 Å². The smallest absolute Gasteiger partial charge is 0.338 e. The van der Waals surface area contributed by atoms with Gasteiger partial charge in [-0.3, -0.25) is 9.36 Å². The largest absolute Gasteiger partial charge is 0.493 e. The number of carbonyl (C=O) groups excluding carboxylic acids is 1. The van der Waals surface area contributed by atoms with E-state index in [2.05, 4.69) is 51.0 Å². The van der Waals surface area contributed by atoms with Gasteiger partial charge in [0.05, 0.1) is 42.7 Å². The number of thiazole rings is 1. The highest BCUT2D eigenvalue weighted by Crippen LogP contribution is 2.38. The molecule has 0 bridgehead atoms. The lowest BCUT2D eigenvalue weighted by atomic mass is 9.93. The van der Waals surface area contributed by atoms with Crippen LogP contribution in [0.15, 0.2) is 123 Å². The van der Waals surface area contributed by atoms with Gasteiger partial charge in [0.25, 0.3) is 5.56 Å². The molecule has 2 aromatic heterocycles. The summed E-state index contributed by atoms with van der Waals surface area (Å²) in [5, 5.41) is 1.03. The summed E-state index contributed by atoms with van der Waals surface area (Å²) in [5.74, 6) is 0.459. The van der Waals surface area contributed by atoms with Crippen LogP contribution in [0.5, 0.6) is 11.5 Å². The quantitative estimate of drug-likeness (QED) is 0.154. The first-order valence-corrected chi connectivity index (χ1v) is 17.3. The van der Waals surface area contributed by atoms with Crippen LogP contribution in [0.4, 0.5) is 0 Å². The number of esters is 1. The van der Waals surface area contributed by atoms with Gasteiger partial charge in [0.15, 0.2) is 16.3 Å². The predicted octanol–water partition coefficient (Wildman–Crippen LogP) is 6.72. The second-order valence-electron chi connectivity index (χ2n) is 11.4. The lowest BCUT2D eigenvalue weighted by molar-refractivity contribution is -0.138. The molecule has 10 heteroatoms. The van der Waals surface area contributed by atoms with E-state index < -0.39 is 12.0 Å². The fraction of sp³-hybridized carbons (Fsp3) is 0.154. The summed E-state index contributed by atoms with van der Waals surface area (Å²) in [6, 6.07) is 30.5. The topological polar surface area (TPSA) is 84.1 Å². The molecule has 1 aliphatic heterocycles. The van der Waals surface area contributed by atoms with Gasteiger partial charge in [-0.2, -0.15) is 0 Å². The number of nitrogens with zero attached hydrogens (tertiary/aromatic N) is 3. The van der Waals surface area contributed by atoms with E-state index >= 15 is 0 Å². The number of carbonyl (C=O) groups is 1. The van der Waals surface area contributed by atoms with Crippen LogP contribution >= 0.6 is 27.3 Å². The first-order valence-electron chi connectivity index (χ1n) is 15.7. The molecule has 49 heavy (non-hydrogen) atoms. The summed E-state index contributed by atoms with van der Waals surface area (Å²) in [7, 11) is 3.12. The monoisotopic (exact) mass is 733 g/mol. The van der Waals surface area contributed by atoms with Crippen LogP contribution in [0.1, 0.15) is 35.2 Å². The van der Waals surface area contributed by atoms with Crippen molar-refractivity contribution < 1.29 is 19.0 Å². The maximum Gasteiger partial charge on any atom is 0.338 e. The Morgan fingerprint density at radius 1 is 0.939 bits per heavy atom. The molecule has 0 unspecified atom stereocenters. The molecule has 4 aromatic carbocycles. The number of hydrogen-bond donors (Lipinski definition) is 0. The van der Waals surface area contributed by atoms with E-state index in [-0.39, 0.29) is 17.7 Å². The number of halogens is 1. The Balaban J connectivity index is 1.46. The molecule has 0 radical (unpaired) electrons. The third kappa shape index (κ3) is 6.13. The summed E-state index contributed by atoms with van der Waals surface area (Å²) in [5.41, 5.74) is 4.99. The Kier molecular flexibility index (Phi) is 9.07. The van der Waals surface area contributed by atoms with Gasteiger partial charge in [-0.1, -0.05) is 94.0 Å². The Morgan fingerprint density at radius 3 is 2.41 bits per heavy atom. The van der Waals surface area contributed by atoms with E-state index in [9.17, 15) is 9.59 Å². The maximum absolute atomic E-state index is 14.6. The first kappa shape index (κ1) is 32.4. The summed E-state index contributed by atoms with van der Waals surface area (Å²) in [6.07, 6.45) is 4.00. The van der Waals surface area contributed by atoms with Gasteiger partial charge < -0.3 is 18.8 Å². The number of hydrogen-bond acceptors (Lipinski definition) is 7. The number of methoxy groups -OCH3 is 2. The van der Waals surface area contributed by atoms with Gasteiger partial charge in [-0.05, 0) is 54.5 Å². The average molecular weight is 735 g/mol. The predicted molar refractivity (Wildman–Crippen MR) is 196 cm³/mol. The average Bonchev–Trinajstić information content (AvgIpc) is 3.64. The zero-order valence-electron chi connectivity index (χ0n) is 27.1. The lowest BCUT2D eigenvalue weighted by Crippen LogP contribution is -2.40. The van der Waals surface area contributed by atoms with Crippen LogP contribution in [0, 0.1) is 0 Å². The fourth-order valence-electron chi connectivity index (χ4n) is 6.23. The van der Waals surface area contributed by atoms with E-state index in [4.69, 9.17) is 19.2 Å². The number of rotatable bonds is 9. The van der Waals surface area contributed by atoms with Gasteiger partial charge in [0.2, 0.25) is 0 Å². The van der Waals surface area contributed by atoms with E-state index in [1.807, 2.05) is 66.7 Å². The lowest BCUT2D eigenvalue weighted by Gasteiger charge is -2.26. The molecule has 7 rings (SSSR count). The first-order chi connectivity index (χ1) is 23.9. The van der Waals surface area contributed by atoms with Crippen molar-refractivity contribution in [2.75, 3.05) is 20.8 Å². The van der Waals surface area contributed by atoms with E-state index in [1.54, 1.807) is 37.8 Å². The van der Waals surface area contributed by atoms with Crippen LogP contribution < -0.4 is 24.4 Å². The van der Waals surface area contributed by atoms with Crippen LogP contribution in [0.25, 0.3) is 22.7 Å². The Morgan fingerprint density at radius 2 is 1.67 bits per heavy atom. The minimum absolute atomic E-state index is 0.164. The molecule has 0 spiro atoms. The molecule has 0 amide bonds. The maximum atomic E-state index is 14.6. The molecule has 0 saturated carbocycles. The highest BCUT2D eigenvalue weighted by molar-refractivity contribution is 9.10. The van der Waals surface area contributed by atoms with E-state index in [1.165, 1.54) is 11.3 Å². The third-order valence-electron chi connectivity index (χ3n) is 8.47. The summed E-state index contributed by atoms with van der Waals surface area (Å²) in [4.78, 5) is 33.9. The number of aromatic nitrogens is 2. The molecule has 0 saturated heterocycles. The van der Waals surface area contributed by atoms with Crippen molar-refractivity contribution in [1.29, 1.82) is 0 Å². The minimum Gasteiger partial charge on any atom is -0.493 e. The molecule has 0 N–H and O–H groups in total. The van der Waals surface area contributed by atoms with Gasteiger partial charge in [-0.15, -0.1) is 0 Å². The normalized spacial score (nSPS) is 14.4. The summed E-state index contributed by atoms with van der Waals surface area (Å²) >= 11 is 4.81. The van der Waals surface area contributed by atoms with Crippen molar-refractivity contribution in [3.05, 3.63) is 155 Å². The number of ether oxygens (including phenoxy) is 3. The molecule has 1 atom stereocenters. The molecule has 0 aliphatic carbocycles. The van der Waals surface area contributed by atoms with Gasteiger partial charge in [-0.25, -0.2) is 9.79 Å². The van der Waals surface area contributed by atoms with Gasteiger partial charge >= 0.3 is 5.97 Å². The summed E-state index contributed by atoms with van der Waals surface area (Å²) < 4.78 is 22.1. The van der Waals surface area contributed by atoms with Crippen molar-refractivity contribution in [3.63, 3.8) is 0 Å². The second kappa shape index (κ2) is 13.7. The number of fused-ring (bicyclic) bond motifs is 2. The number of para-hydroxylation sites is 1. The van der Waals surface area contributed by atoms with Crippen molar-refractivity contribution in [1.82, 2.24) is 9.13 Å². The Labute approximate surface area is 295 Å². The van der Waals surface area contributed by atoms with Crippen LogP contribution in [0.2, 0.25) is 0 Å². The van der Waals surface area contributed by atoms with E-state index in [0.29, 0.717) is 38.6 Å². The molecule has 3 heterocycles. The zero-order valence-corrected chi connectivity index (χ0v) is 29.5. The minimum atomic E-state index is -0.841. The van der Waals surface area contributed by atoms with E-state index in [0.717, 1.165) is 32.1 Å². The highest BCUT2D eigenvalue weighted by Gasteiger charge is 2.35. The molecular weight excluding hydrogens is 702 g/mol. The SMILES string of the molecule is CCOC(=O)C1=C(c2ccccc2)N=c2s/c(=C\c3cn(Cc4ccc(Br)cc4)c4ccccc34)c(=O)n2[C@H]1c1ccc(OC)c(OC)c1. The molecule has 6 aromatic rings. The second-order valence-corrected chi connectivity index (χ2v) is 13.3. The fourth-order valence-corrected chi connectivity index (χ4v) is 7.48. The third-order valence-corrected chi connectivity index (χ3v) is 9.98. The molecule has 8 nitrogen and oxygen atoms in total.